The lowest BCUT2D eigenvalue weighted by molar-refractivity contribution is 0.478. The average Bonchev–Trinajstić information content (AvgIpc) is 2.23. The minimum absolute atomic E-state index is 0.0827. The molecule has 0 saturated heterocycles. The van der Waals surface area contributed by atoms with Crippen molar-refractivity contribution in [2.45, 2.75) is 19.9 Å². The predicted octanol–water partition coefficient (Wildman–Crippen LogP) is 2.83. The molecular formula is C12H18BrFN2. The van der Waals surface area contributed by atoms with Crippen LogP contribution >= 0.6 is 15.9 Å². The van der Waals surface area contributed by atoms with Gasteiger partial charge in [-0.3, -0.25) is 0 Å². The summed E-state index contributed by atoms with van der Waals surface area (Å²) in [6.45, 7) is 5.68. The van der Waals surface area contributed by atoms with Crippen LogP contribution in [0.15, 0.2) is 22.7 Å². The summed E-state index contributed by atoms with van der Waals surface area (Å²) in [4.78, 5) is 0. The van der Waals surface area contributed by atoms with E-state index < -0.39 is 0 Å². The fourth-order valence-corrected chi connectivity index (χ4v) is 1.84. The van der Waals surface area contributed by atoms with Crippen LogP contribution in [0.4, 0.5) is 4.39 Å². The molecule has 0 amide bonds. The SMILES string of the molecule is CC(C)CNC(CN)c1ccc(F)c(Br)c1. The summed E-state index contributed by atoms with van der Waals surface area (Å²) < 4.78 is 13.6. The van der Waals surface area contributed by atoms with Gasteiger partial charge in [-0.05, 0) is 46.1 Å². The maximum absolute atomic E-state index is 13.1. The first-order valence-electron chi connectivity index (χ1n) is 5.43. The van der Waals surface area contributed by atoms with Crippen molar-refractivity contribution in [2.24, 2.45) is 11.7 Å². The molecule has 0 aliphatic carbocycles. The van der Waals surface area contributed by atoms with Crippen molar-refractivity contribution in [3.05, 3.63) is 34.1 Å². The Balaban J connectivity index is 2.74. The Bertz CT molecular complexity index is 342. The van der Waals surface area contributed by atoms with Gasteiger partial charge in [0.05, 0.1) is 4.47 Å². The topological polar surface area (TPSA) is 38.0 Å². The average molecular weight is 289 g/mol. The van der Waals surface area contributed by atoms with Crippen molar-refractivity contribution in [3.8, 4) is 0 Å². The Morgan fingerprint density at radius 3 is 2.62 bits per heavy atom. The first-order valence-corrected chi connectivity index (χ1v) is 6.22. The zero-order valence-electron chi connectivity index (χ0n) is 9.63. The maximum Gasteiger partial charge on any atom is 0.137 e. The molecule has 2 nitrogen and oxygen atoms in total. The van der Waals surface area contributed by atoms with Crippen LogP contribution in [0.1, 0.15) is 25.5 Å². The third-order valence-corrected chi connectivity index (χ3v) is 2.96. The minimum atomic E-state index is -0.247. The minimum Gasteiger partial charge on any atom is -0.329 e. The Hall–Kier alpha value is -0.450. The van der Waals surface area contributed by atoms with Gasteiger partial charge in [0.25, 0.3) is 0 Å². The lowest BCUT2D eigenvalue weighted by atomic mass is 10.1. The van der Waals surface area contributed by atoms with Gasteiger partial charge in [-0.2, -0.15) is 0 Å². The molecule has 1 rings (SSSR count). The van der Waals surface area contributed by atoms with Crippen LogP contribution in [0.3, 0.4) is 0 Å². The maximum atomic E-state index is 13.1. The number of rotatable bonds is 5. The van der Waals surface area contributed by atoms with E-state index in [0.29, 0.717) is 16.9 Å². The molecule has 16 heavy (non-hydrogen) atoms. The monoisotopic (exact) mass is 288 g/mol. The van der Waals surface area contributed by atoms with E-state index in [2.05, 4.69) is 35.1 Å². The smallest absolute Gasteiger partial charge is 0.137 e. The molecule has 0 aliphatic heterocycles. The summed E-state index contributed by atoms with van der Waals surface area (Å²) in [7, 11) is 0. The highest BCUT2D eigenvalue weighted by atomic mass is 79.9. The molecule has 1 aromatic rings. The number of hydrogen-bond acceptors (Lipinski definition) is 2. The number of halogens is 2. The second-order valence-electron chi connectivity index (χ2n) is 4.26. The second kappa shape index (κ2) is 6.33. The fourth-order valence-electron chi connectivity index (χ4n) is 1.44. The zero-order chi connectivity index (χ0) is 12.1. The van der Waals surface area contributed by atoms with Gasteiger partial charge in [-0.25, -0.2) is 4.39 Å². The summed E-state index contributed by atoms with van der Waals surface area (Å²) in [5, 5.41) is 3.36. The Morgan fingerprint density at radius 2 is 2.12 bits per heavy atom. The van der Waals surface area contributed by atoms with E-state index in [9.17, 15) is 4.39 Å². The van der Waals surface area contributed by atoms with Gasteiger partial charge in [0.1, 0.15) is 5.82 Å². The normalized spacial score (nSPS) is 13.1. The molecule has 0 bridgehead atoms. The van der Waals surface area contributed by atoms with Crippen molar-refractivity contribution in [3.63, 3.8) is 0 Å². The van der Waals surface area contributed by atoms with Crippen LogP contribution < -0.4 is 11.1 Å². The summed E-state index contributed by atoms with van der Waals surface area (Å²) in [5.41, 5.74) is 6.72. The first kappa shape index (κ1) is 13.6. The molecule has 0 fully saturated rings. The van der Waals surface area contributed by atoms with E-state index >= 15 is 0 Å². The third kappa shape index (κ3) is 3.85. The van der Waals surface area contributed by atoms with E-state index in [0.717, 1.165) is 12.1 Å². The highest BCUT2D eigenvalue weighted by molar-refractivity contribution is 9.10. The van der Waals surface area contributed by atoms with Gasteiger partial charge < -0.3 is 11.1 Å². The second-order valence-corrected chi connectivity index (χ2v) is 5.12. The Morgan fingerprint density at radius 1 is 1.44 bits per heavy atom. The highest BCUT2D eigenvalue weighted by Gasteiger charge is 2.11. The van der Waals surface area contributed by atoms with Crippen LogP contribution in [0.2, 0.25) is 0 Å². The summed E-state index contributed by atoms with van der Waals surface area (Å²) in [6, 6.07) is 5.09. The van der Waals surface area contributed by atoms with E-state index in [1.807, 2.05) is 0 Å². The summed E-state index contributed by atoms with van der Waals surface area (Å²) in [5.74, 6) is 0.321. The van der Waals surface area contributed by atoms with Gasteiger partial charge in [-0.15, -0.1) is 0 Å². The van der Waals surface area contributed by atoms with Gasteiger partial charge in [0, 0.05) is 12.6 Å². The van der Waals surface area contributed by atoms with Crippen molar-refractivity contribution in [2.75, 3.05) is 13.1 Å². The molecule has 0 aliphatic rings. The molecule has 4 heteroatoms. The Labute approximate surface area is 105 Å². The molecular weight excluding hydrogens is 271 g/mol. The van der Waals surface area contributed by atoms with Gasteiger partial charge in [0.2, 0.25) is 0 Å². The van der Waals surface area contributed by atoms with Crippen molar-refractivity contribution >= 4 is 15.9 Å². The number of benzene rings is 1. The molecule has 90 valence electrons. The third-order valence-electron chi connectivity index (χ3n) is 2.35. The van der Waals surface area contributed by atoms with Crippen molar-refractivity contribution < 1.29 is 4.39 Å². The summed E-state index contributed by atoms with van der Waals surface area (Å²) in [6.07, 6.45) is 0. The van der Waals surface area contributed by atoms with Crippen LogP contribution in [0.5, 0.6) is 0 Å². The molecule has 0 saturated carbocycles. The molecule has 0 aromatic heterocycles. The van der Waals surface area contributed by atoms with Crippen LogP contribution in [-0.2, 0) is 0 Å². The van der Waals surface area contributed by atoms with Crippen molar-refractivity contribution in [1.29, 1.82) is 0 Å². The largest absolute Gasteiger partial charge is 0.329 e. The molecule has 1 unspecified atom stereocenters. The van der Waals surface area contributed by atoms with Crippen LogP contribution in [0.25, 0.3) is 0 Å². The van der Waals surface area contributed by atoms with Gasteiger partial charge in [-0.1, -0.05) is 19.9 Å². The van der Waals surface area contributed by atoms with E-state index in [1.165, 1.54) is 6.07 Å². The number of nitrogens with two attached hydrogens (primary N) is 1. The fraction of sp³-hybridized carbons (Fsp3) is 0.500. The lowest BCUT2D eigenvalue weighted by Gasteiger charge is -2.19. The standard InChI is InChI=1S/C12H18BrFN2/c1-8(2)7-16-12(6-15)9-3-4-11(14)10(13)5-9/h3-5,8,12,16H,6-7,15H2,1-2H3. The molecule has 3 N–H and O–H groups in total. The molecule has 0 heterocycles. The van der Waals surface area contributed by atoms with E-state index in [1.54, 1.807) is 12.1 Å². The van der Waals surface area contributed by atoms with Crippen molar-refractivity contribution in [1.82, 2.24) is 5.32 Å². The van der Waals surface area contributed by atoms with Crippen LogP contribution in [0, 0.1) is 11.7 Å². The Kier molecular flexibility index (Phi) is 5.38. The van der Waals surface area contributed by atoms with Gasteiger partial charge >= 0.3 is 0 Å². The van der Waals surface area contributed by atoms with E-state index in [4.69, 9.17) is 5.73 Å². The zero-order valence-corrected chi connectivity index (χ0v) is 11.2. The number of nitrogens with one attached hydrogen (secondary N) is 1. The van der Waals surface area contributed by atoms with Crippen LogP contribution in [-0.4, -0.2) is 13.1 Å². The number of hydrogen-bond donors (Lipinski definition) is 2. The molecule has 0 spiro atoms. The highest BCUT2D eigenvalue weighted by Crippen LogP contribution is 2.21. The molecule has 1 aromatic carbocycles. The summed E-state index contributed by atoms with van der Waals surface area (Å²) >= 11 is 3.18. The van der Waals surface area contributed by atoms with Gasteiger partial charge in [0.15, 0.2) is 0 Å². The lowest BCUT2D eigenvalue weighted by Crippen LogP contribution is -2.31. The first-order chi connectivity index (χ1) is 7.54. The predicted molar refractivity (Wildman–Crippen MR) is 68.7 cm³/mol. The molecule has 1 atom stereocenters. The van der Waals surface area contributed by atoms with E-state index in [-0.39, 0.29) is 11.9 Å². The molecule has 0 radical (unpaired) electrons. The quantitative estimate of drug-likeness (QED) is 0.874.